The van der Waals surface area contributed by atoms with Gasteiger partial charge in [0.15, 0.2) is 0 Å². The number of carbonyl (C=O) groups is 2. The van der Waals surface area contributed by atoms with Gasteiger partial charge in [-0.1, -0.05) is 30.7 Å². The molecule has 1 fully saturated rings. The van der Waals surface area contributed by atoms with Gasteiger partial charge >= 0.3 is 0 Å². The Morgan fingerprint density at radius 3 is 2.97 bits per heavy atom. The molecule has 9 heteroatoms. The van der Waals surface area contributed by atoms with Crippen molar-refractivity contribution in [2.75, 3.05) is 30.8 Å². The largest absolute Gasteiger partial charge is 0.322 e. The maximum atomic E-state index is 13.0. The van der Waals surface area contributed by atoms with Crippen molar-refractivity contribution in [3.8, 4) is 0 Å². The zero-order valence-electron chi connectivity index (χ0n) is 17.2. The van der Waals surface area contributed by atoms with E-state index in [-0.39, 0.29) is 17.9 Å². The molecule has 0 bridgehead atoms. The third-order valence-electron chi connectivity index (χ3n) is 5.38. The van der Waals surface area contributed by atoms with Gasteiger partial charge in [0.1, 0.15) is 0 Å². The fourth-order valence-corrected chi connectivity index (χ4v) is 4.94. The topological polar surface area (TPSA) is 79.3 Å². The summed E-state index contributed by atoms with van der Waals surface area (Å²) in [4.78, 5) is 32.0. The lowest BCUT2D eigenvalue weighted by atomic mass is 10.1. The number of benzene rings is 1. The van der Waals surface area contributed by atoms with Crippen molar-refractivity contribution < 1.29 is 9.59 Å². The van der Waals surface area contributed by atoms with Crippen LogP contribution < -0.4 is 10.6 Å². The SMILES string of the molecule is C=CC(=O)Nc1csc(C(=O)Nc2nc3cccc(Cl)c3n2[C@@H]2CCCCN(C)C2)c1. The first kappa shape index (κ1) is 21.5. The molecule has 3 heterocycles. The summed E-state index contributed by atoms with van der Waals surface area (Å²) >= 11 is 7.81. The van der Waals surface area contributed by atoms with Gasteiger partial charge in [0.2, 0.25) is 11.9 Å². The summed E-state index contributed by atoms with van der Waals surface area (Å²) in [6.07, 6.45) is 4.42. The Morgan fingerprint density at radius 1 is 1.32 bits per heavy atom. The molecule has 7 nitrogen and oxygen atoms in total. The number of aromatic nitrogens is 2. The van der Waals surface area contributed by atoms with Gasteiger partial charge in [-0.3, -0.25) is 14.9 Å². The summed E-state index contributed by atoms with van der Waals surface area (Å²) in [5.74, 6) is -0.115. The van der Waals surface area contributed by atoms with E-state index in [1.807, 2.05) is 18.2 Å². The van der Waals surface area contributed by atoms with Crippen molar-refractivity contribution in [2.24, 2.45) is 0 Å². The number of nitrogens with zero attached hydrogens (tertiary/aromatic N) is 3. The van der Waals surface area contributed by atoms with E-state index >= 15 is 0 Å². The Labute approximate surface area is 189 Å². The minimum atomic E-state index is -0.321. The average molecular weight is 458 g/mol. The predicted molar refractivity (Wildman–Crippen MR) is 126 cm³/mol. The first-order valence-electron chi connectivity index (χ1n) is 10.1. The molecule has 31 heavy (non-hydrogen) atoms. The molecule has 1 aliphatic heterocycles. The number of likely N-dealkylation sites (tertiary alicyclic amines) is 1. The van der Waals surface area contributed by atoms with Crippen LogP contribution in [0.25, 0.3) is 11.0 Å². The van der Waals surface area contributed by atoms with Gasteiger partial charge in [-0.25, -0.2) is 4.98 Å². The van der Waals surface area contributed by atoms with Gasteiger partial charge in [0, 0.05) is 18.0 Å². The quantitative estimate of drug-likeness (QED) is 0.540. The summed E-state index contributed by atoms with van der Waals surface area (Å²) in [7, 11) is 2.11. The number of fused-ring (bicyclic) bond motifs is 1. The number of likely N-dealkylation sites (N-methyl/N-ethyl adjacent to an activating group) is 1. The standard InChI is InChI=1S/C22H24ClN5O2S/c1-3-19(29)24-14-11-18(31-13-14)21(30)26-22-25-17-9-6-8-16(23)20(17)28(22)15-7-4-5-10-27(2)12-15/h3,6,8-9,11,13,15H,1,4-5,7,10,12H2,2H3,(H,24,29)(H,25,26,30)/t15-/m1/s1. The van der Waals surface area contributed by atoms with Crippen molar-refractivity contribution in [2.45, 2.75) is 25.3 Å². The number of carbonyl (C=O) groups excluding carboxylic acids is 2. The Kier molecular flexibility index (Phi) is 6.41. The molecule has 1 aromatic carbocycles. The fourth-order valence-electron chi connectivity index (χ4n) is 3.94. The molecule has 162 valence electrons. The number of amides is 2. The van der Waals surface area contributed by atoms with Crippen LogP contribution in [0.5, 0.6) is 0 Å². The molecule has 0 unspecified atom stereocenters. The van der Waals surface area contributed by atoms with Gasteiger partial charge in [0.05, 0.1) is 26.6 Å². The number of rotatable bonds is 5. The van der Waals surface area contributed by atoms with Crippen molar-refractivity contribution in [3.05, 3.63) is 52.2 Å². The zero-order valence-corrected chi connectivity index (χ0v) is 18.8. The summed E-state index contributed by atoms with van der Waals surface area (Å²) in [5.41, 5.74) is 2.15. The smallest absolute Gasteiger partial charge is 0.268 e. The highest BCUT2D eigenvalue weighted by molar-refractivity contribution is 7.12. The Morgan fingerprint density at radius 2 is 2.16 bits per heavy atom. The van der Waals surface area contributed by atoms with Crippen LogP contribution in [0.15, 0.2) is 42.3 Å². The maximum Gasteiger partial charge on any atom is 0.268 e. The first-order chi connectivity index (χ1) is 15.0. The summed E-state index contributed by atoms with van der Waals surface area (Å²) in [6, 6.07) is 7.41. The van der Waals surface area contributed by atoms with Gasteiger partial charge in [-0.2, -0.15) is 0 Å². The van der Waals surface area contributed by atoms with Crippen molar-refractivity contribution in [1.82, 2.24) is 14.5 Å². The highest BCUT2D eigenvalue weighted by atomic mass is 35.5. The number of halogens is 1. The molecule has 0 radical (unpaired) electrons. The van der Waals surface area contributed by atoms with E-state index < -0.39 is 0 Å². The first-order valence-corrected chi connectivity index (χ1v) is 11.4. The molecule has 4 rings (SSSR count). The van der Waals surface area contributed by atoms with Crippen molar-refractivity contribution in [1.29, 1.82) is 0 Å². The average Bonchev–Trinajstić information content (AvgIpc) is 3.29. The third-order valence-corrected chi connectivity index (χ3v) is 6.61. The molecule has 1 saturated heterocycles. The van der Waals surface area contributed by atoms with Gasteiger partial charge < -0.3 is 14.8 Å². The van der Waals surface area contributed by atoms with Gasteiger partial charge in [0.25, 0.3) is 5.91 Å². The summed E-state index contributed by atoms with van der Waals surface area (Å²) in [6.45, 7) is 5.34. The van der Waals surface area contributed by atoms with E-state index in [1.165, 1.54) is 17.4 Å². The number of anilines is 2. The molecule has 3 aromatic rings. The minimum absolute atomic E-state index is 0.151. The lowest BCUT2D eigenvalue weighted by Crippen LogP contribution is -2.27. The lowest BCUT2D eigenvalue weighted by molar-refractivity contribution is -0.111. The van der Waals surface area contributed by atoms with E-state index in [0.29, 0.717) is 21.5 Å². The van der Waals surface area contributed by atoms with Crippen LogP contribution in [-0.4, -0.2) is 46.4 Å². The van der Waals surface area contributed by atoms with Crippen LogP contribution in [0, 0.1) is 0 Å². The zero-order chi connectivity index (χ0) is 22.0. The van der Waals surface area contributed by atoms with E-state index in [0.717, 1.165) is 43.4 Å². The van der Waals surface area contributed by atoms with Crippen LogP contribution in [0.2, 0.25) is 5.02 Å². The van der Waals surface area contributed by atoms with Gasteiger partial charge in [-0.05, 0) is 50.7 Å². The number of nitrogens with one attached hydrogen (secondary N) is 2. The van der Waals surface area contributed by atoms with Crippen LogP contribution >= 0.6 is 22.9 Å². The van der Waals surface area contributed by atoms with Crippen LogP contribution in [0.4, 0.5) is 11.6 Å². The Balaban J connectivity index is 1.67. The molecule has 0 saturated carbocycles. The number of hydrogen-bond donors (Lipinski definition) is 2. The van der Waals surface area contributed by atoms with E-state index in [2.05, 4.69) is 38.7 Å². The number of hydrogen-bond acceptors (Lipinski definition) is 5. The second-order valence-electron chi connectivity index (χ2n) is 7.67. The predicted octanol–water partition coefficient (Wildman–Crippen LogP) is 4.78. The maximum absolute atomic E-state index is 13.0. The van der Waals surface area contributed by atoms with E-state index in [9.17, 15) is 9.59 Å². The van der Waals surface area contributed by atoms with Crippen LogP contribution in [0.3, 0.4) is 0 Å². The lowest BCUT2D eigenvalue weighted by Gasteiger charge is -2.24. The Bertz CT molecular complexity index is 1140. The fraction of sp³-hybridized carbons (Fsp3) is 0.318. The highest BCUT2D eigenvalue weighted by Crippen LogP contribution is 2.34. The number of para-hydroxylation sites is 1. The molecule has 2 amide bonds. The molecule has 2 aromatic heterocycles. The van der Waals surface area contributed by atoms with E-state index in [4.69, 9.17) is 11.6 Å². The summed E-state index contributed by atoms with van der Waals surface area (Å²) in [5, 5.41) is 7.97. The van der Waals surface area contributed by atoms with Crippen molar-refractivity contribution in [3.63, 3.8) is 0 Å². The molecule has 1 atom stereocenters. The molecular formula is C22H24ClN5O2S. The van der Waals surface area contributed by atoms with Crippen molar-refractivity contribution >= 4 is 57.4 Å². The molecule has 2 N–H and O–H groups in total. The summed E-state index contributed by atoms with van der Waals surface area (Å²) < 4.78 is 2.07. The minimum Gasteiger partial charge on any atom is -0.322 e. The number of thiophene rings is 1. The molecule has 0 aliphatic carbocycles. The van der Waals surface area contributed by atoms with Gasteiger partial charge in [-0.15, -0.1) is 11.3 Å². The molecule has 0 spiro atoms. The highest BCUT2D eigenvalue weighted by Gasteiger charge is 2.25. The van der Waals surface area contributed by atoms with E-state index in [1.54, 1.807) is 11.4 Å². The Hall–Kier alpha value is -2.68. The number of imidazole rings is 1. The second kappa shape index (κ2) is 9.21. The monoisotopic (exact) mass is 457 g/mol. The van der Waals surface area contributed by atoms with Crippen LogP contribution in [-0.2, 0) is 4.79 Å². The van der Waals surface area contributed by atoms with Crippen LogP contribution in [0.1, 0.15) is 35.0 Å². The molecular weight excluding hydrogens is 434 g/mol. The molecule has 1 aliphatic rings. The normalized spacial score (nSPS) is 17.3. The third kappa shape index (κ3) is 4.66. The second-order valence-corrected chi connectivity index (χ2v) is 8.99.